The SMILES string of the molecule is CCCCSC1CCCC(NC)(C(N)=O)C1. The van der Waals surface area contributed by atoms with E-state index in [9.17, 15) is 4.79 Å². The molecule has 0 aromatic heterocycles. The van der Waals surface area contributed by atoms with E-state index in [2.05, 4.69) is 12.2 Å². The van der Waals surface area contributed by atoms with E-state index < -0.39 is 5.54 Å². The molecule has 3 nitrogen and oxygen atoms in total. The highest BCUT2D eigenvalue weighted by Gasteiger charge is 2.39. The van der Waals surface area contributed by atoms with Gasteiger partial charge in [0, 0.05) is 5.25 Å². The molecule has 1 aliphatic carbocycles. The van der Waals surface area contributed by atoms with Gasteiger partial charge < -0.3 is 11.1 Å². The number of nitrogens with one attached hydrogen (secondary N) is 1. The molecule has 0 bridgehead atoms. The average Bonchev–Trinajstić information content (AvgIpc) is 2.29. The van der Waals surface area contributed by atoms with E-state index in [1.807, 2.05) is 18.8 Å². The number of primary amides is 1. The number of rotatable bonds is 6. The number of hydrogen-bond acceptors (Lipinski definition) is 3. The monoisotopic (exact) mass is 244 g/mol. The van der Waals surface area contributed by atoms with Gasteiger partial charge in [-0.3, -0.25) is 4.79 Å². The second-order valence-electron chi connectivity index (χ2n) is 4.64. The molecule has 1 amide bonds. The lowest BCUT2D eigenvalue weighted by Gasteiger charge is -2.38. The maximum absolute atomic E-state index is 11.5. The molecule has 3 N–H and O–H groups in total. The van der Waals surface area contributed by atoms with Crippen molar-refractivity contribution in [1.29, 1.82) is 0 Å². The minimum absolute atomic E-state index is 0.184. The van der Waals surface area contributed by atoms with Crippen molar-refractivity contribution in [1.82, 2.24) is 5.32 Å². The summed E-state index contributed by atoms with van der Waals surface area (Å²) < 4.78 is 0. The Morgan fingerprint density at radius 2 is 2.38 bits per heavy atom. The fourth-order valence-electron chi connectivity index (χ4n) is 2.33. The zero-order valence-electron chi connectivity index (χ0n) is 10.4. The summed E-state index contributed by atoms with van der Waals surface area (Å²) in [7, 11) is 1.85. The van der Waals surface area contributed by atoms with Crippen LogP contribution in [0, 0.1) is 0 Å². The second kappa shape index (κ2) is 6.50. The van der Waals surface area contributed by atoms with Crippen molar-refractivity contribution in [3.8, 4) is 0 Å². The van der Waals surface area contributed by atoms with Crippen molar-refractivity contribution >= 4 is 17.7 Å². The van der Waals surface area contributed by atoms with E-state index in [1.165, 1.54) is 25.0 Å². The fraction of sp³-hybridized carbons (Fsp3) is 0.917. The molecular weight excluding hydrogens is 220 g/mol. The van der Waals surface area contributed by atoms with Crippen molar-refractivity contribution < 1.29 is 4.79 Å². The van der Waals surface area contributed by atoms with Crippen LogP contribution in [0.4, 0.5) is 0 Å². The summed E-state index contributed by atoms with van der Waals surface area (Å²) in [5, 5.41) is 3.75. The molecule has 1 saturated carbocycles. The molecule has 2 atom stereocenters. The standard InChI is InChI=1S/C12H24N2OS/c1-3-4-8-16-10-6-5-7-12(9-10,14-2)11(13)15/h10,14H,3-9H2,1-2H3,(H2,13,15). The molecule has 94 valence electrons. The van der Waals surface area contributed by atoms with Gasteiger partial charge in [-0.05, 0) is 44.9 Å². The molecule has 1 aliphatic rings. The molecule has 0 aromatic rings. The number of thioether (sulfide) groups is 1. The lowest BCUT2D eigenvalue weighted by atomic mass is 9.81. The molecule has 0 aliphatic heterocycles. The fourth-order valence-corrected chi connectivity index (χ4v) is 3.86. The number of hydrogen-bond donors (Lipinski definition) is 2. The van der Waals surface area contributed by atoms with E-state index in [0.717, 1.165) is 19.3 Å². The van der Waals surface area contributed by atoms with E-state index in [4.69, 9.17) is 5.73 Å². The lowest BCUT2D eigenvalue weighted by molar-refractivity contribution is -0.125. The molecule has 1 fully saturated rings. The number of likely N-dealkylation sites (N-methyl/N-ethyl adjacent to an activating group) is 1. The highest BCUT2D eigenvalue weighted by molar-refractivity contribution is 7.99. The summed E-state index contributed by atoms with van der Waals surface area (Å²) in [6, 6.07) is 0. The van der Waals surface area contributed by atoms with Crippen molar-refractivity contribution in [3.63, 3.8) is 0 Å². The molecule has 4 heteroatoms. The number of carbonyl (C=O) groups excluding carboxylic acids is 1. The Morgan fingerprint density at radius 3 is 2.94 bits per heavy atom. The Labute approximate surface area is 103 Å². The minimum Gasteiger partial charge on any atom is -0.368 e. The third-order valence-corrected chi connectivity index (χ3v) is 4.91. The first-order valence-electron chi connectivity index (χ1n) is 6.25. The van der Waals surface area contributed by atoms with Crippen LogP contribution in [0.2, 0.25) is 0 Å². The van der Waals surface area contributed by atoms with E-state index in [0.29, 0.717) is 5.25 Å². The zero-order chi connectivity index (χ0) is 12.0. The zero-order valence-corrected chi connectivity index (χ0v) is 11.2. The normalized spacial score (nSPS) is 30.2. The maximum Gasteiger partial charge on any atom is 0.237 e. The minimum atomic E-state index is -0.442. The smallest absolute Gasteiger partial charge is 0.237 e. The Hall–Kier alpha value is -0.220. The summed E-state index contributed by atoms with van der Waals surface area (Å²) >= 11 is 2.01. The Kier molecular flexibility index (Phi) is 5.62. The van der Waals surface area contributed by atoms with Crippen molar-refractivity contribution in [3.05, 3.63) is 0 Å². The Balaban J connectivity index is 2.48. The predicted molar refractivity (Wildman–Crippen MR) is 70.6 cm³/mol. The van der Waals surface area contributed by atoms with Crippen LogP contribution in [-0.4, -0.2) is 29.5 Å². The Bertz CT molecular complexity index is 235. The summed E-state index contributed by atoms with van der Waals surface area (Å²) in [6.45, 7) is 2.21. The van der Waals surface area contributed by atoms with Crippen LogP contribution in [0.1, 0.15) is 45.4 Å². The van der Waals surface area contributed by atoms with Crippen LogP contribution in [0.3, 0.4) is 0 Å². The van der Waals surface area contributed by atoms with Gasteiger partial charge in [0.1, 0.15) is 0 Å². The summed E-state index contributed by atoms with van der Waals surface area (Å²) in [5.41, 5.74) is 5.08. The summed E-state index contributed by atoms with van der Waals surface area (Å²) in [5.74, 6) is 1.02. The summed E-state index contributed by atoms with van der Waals surface area (Å²) in [6.07, 6.45) is 6.63. The third-order valence-electron chi connectivity index (χ3n) is 3.51. The molecule has 0 radical (unpaired) electrons. The maximum atomic E-state index is 11.5. The number of nitrogens with two attached hydrogens (primary N) is 1. The molecule has 1 rings (SSSR count). The predicted octanol–water partition coefficient (Wildman–Crippen LogP) is 1.91. The van der Waals surface area contributed by atoms with Crippen molar-refractivity contribution in [2.45, 2.75) is 56.2 Å². The van der Waals surface area contributed by atoms with Crippen LogP contribution in [-0.2, 0) is 4.79 Å². The van der Waals surface area contributed by atoms with Gasteiger partial charge in [0.25, 0.3) is 0 Å². The molecule has 0 aromatic carbocycles. The largest absolute Gasteiger partial charge is 0.368 e. The van der Waals surface area contributed by atoms with E-state index in [1.54, 1.807) is 0 Å². The molecule has 0 spiro atoms. The van der Waals surface area contributed by atoms with Gasteiger partial charge in [-0.25, -0.2) is 0 Å². The van der Waals surface area contributed by atoms with Crippen LogP contribution in [0.15, 0.2) is 0 Å². The Morgan fingerprint density at radius 1 is 1.62 bits per heavy atom. The average molecular weight is 244 g/mol. The molecule has 2 unspecified atom stereocenters. The number of amides is 1. The third kappa shape index (κ3) is 3.39. The lowest BCUT2D eigenvalue weighted by Crippen LogP contribution is -2.57. The van der Waals surface area contributed by atoms with Crippen LogP contribution in [0.25, 0.3) is 0 Å². The summed E-state index contributed by atoms with van der Waals surface area (Å²) in [4.78, 5) is 11.5. The van der Waals surface area contributed by atoms with Crippen molar-refractivity contribution in [2.24, 2.45) is 5.73 Å². The number of unbranched alkanes of at least 4 members (excludes halogenated alkanes) is 1. The van der Waals surface area contributed by atoms with Gasteiger partial charge in [-0.2, -0.15) is 11.8 Å². The van der Waals surface area contributed by atoms with Gasteiger partial charge in [-0.1, -0.05) is 13.3 Å². The van der Waals surface area contributed by atoms with E-state index in [-0.39, 0.29) is 5.91 Å². The van der Waals surface area contributed by atoms with Crippen LogP contribution in [0.5, 0.6) is 0 Å². The van der Waals surface area contributed by atoms with Gasteiger partial charge in [-0.15, -0.1) is 0 Å². The van der Waals surface area contributed by atoms with Gasteiger partial charge in [0.15, 0.2) is 0 Å². The molecule has 16 heavy (non-hydrogen) atoms. The molecule has 0 saturated heterocycles. The number of carbonyl (C=O) groups is 1. The first-order chi connectivity index (χ1) is 7.64. The van der Waals surface area contributed by atoms with Crippen LogP contribution < -0.4 is 11.1 Å². The molecular formula is C12H24N2OS. The quantitative estimate of drug-likeness (QED) is 0.702. The first kappa shape index (κ1) is 13.8. The topological polar surface area (TPSA) is 55.1 Å². The first-order valence-corrected chi connectivity index (χ1v) is 7.30. The second-order valence-corrected chi connectivity index (χ2v) is 6.05. The van der Waals surface area contributed by atoms with Crippen molar-refractivity contribution in [2.75, 3.05) is 12.8 Å². The van der Waals surface area contributed by atoms with Gasteiger partial charge in [0.2, 0.25) is 5.91 Å². The highest BCUT2D eigenvalue weighted by Crippen LogP contribution is 2.35. The van der Waals surface area contributed by atoms with Gasteiger partial charge >= 0.3 is 0 Å². The van der Waals surface area contributed by atoms with Crippen LogP contribution >= 0.6 is 11.8 Å². The van der Waals surface area contributed by atoms with E-state index >= 15 is 0 Å². The van der Waals surface area contributed by atoms with Gasteiger partial charge in [0.05, 0.1) is 5.54 Å². The molecule has 0 heterocycles. The highest BCUT2D eigenvalue weighted by atomic mass is 32.2.